The van der Waals surface area contributed by atoms with Crippen LogP contribution in [0.3, 0.4) is 0 Å². The molecule has 0 radical (unpaired) electrons. The lowest BCUT2D eigenvalue weighted by atomic mass is 9.33. The summed E-state index contributed by atoms with van der Waals surface area (Å²) >= 11 is 0. The van der Waals surface area contributed by atoms with Gasteiger partial charge in [0.25, 0.3) is 0 Å². The second kappa shape index (κ2) is 24.5. The van der Waals surface area contributed by atoms with Gasteiger partial charge in [-0.1, -0.05) is 65.3 Å². The predicted octanol–water partition coefficient (Wildman–Crippen LogP) is -0.286. The van der Waals surface area contributed by atoms with E-state index in [0.717, 1.165) is 12.7 Å². The first kappa shape index (κ1) is 65.9. The number of hydrogen-bond acceptors (Lipinski definition) is 24. The number of ether oxygens (including phenoxy) is 9. The van der Waals surface area contributed by atoms with Gasteiger partial charge in [-0.05, 0) is 107 Å². The Kier molecular flexibility index (Phi) is 19.4. The van der Waals surface area contributed by atoms with Crippen LogP contribution in [0.1, 0.15) is 114 Å². The van der Waals surface area contributed by atoms with E-state index in [1.54, 1.807) is 39.8 Å². The Morgan fingerprint density at radius 2 is 1.17 bits per heavy atom. The average molecular weight is 1190 g/mol. The van der Waals surface area contributed by atoms with Crippen LogP contribution in [0.4, 0.5) is 0 Å². The smallest absolute Gasteiger partial charge is 0.337 e. The molecule has 4 saturated carbocycles. The highest BCUT2D eigenvalue weighted by Crippen LogP contribution is 2.76. The summed E-state index contributed by atoms with van der Waals surface area (Å²) in [6.07, 6.45) is -24.0. The Morgan fingerprint density at radius 3 is 1.67 bits per heavy atom. The van der Waals surface area contributed by atoms with Gasteiger partial charge in [-0.2, -0.15) is 0 Å². The van der Waals surface area contributed by atoms with Gasteiger partial charge in [0.05, 0.1) is 51.2 Å². The van der Waals surface area contributed by atoms with E-state index in [-0.39, 0.29) is 24.7 Å². The van der Waals surface area contributed by atoms with Crippen LogP contribution in [0.2, 0.25) is 0 Å². The standard InChI is InChI=1S/C59H92O24/c1-12-26(3)48(72)82-46-47(83-49(73)27(4)13-2)59(25-63)29(20-54(46,5)6)28-14-15-33-55(7)18-17-35(56(8,24-62)32(55)16-19-57(33,9)58(28,10)21-34(59)64)78-53-44(80-52-41(70)39(68)37(66)31(23-61)77-52)42(71)43(45(81-53)50(74)75-11)79-51-40(69)38(67)36(65)30(22-60)76-51/h12-14,29-47,51-53,60-71H,15-25H2,1-11H3/b26-12+,27-13+/t29-,30+,31+,32+,33+,34+,35-,36+,37+,38-,39-,40+,41+,42-,43-,44+,45-,46-,47-,51-,52-,53+,55-,56+,57+,58+,59-/m0/s1. The topological polar surface area (TPSA) is 377 Å². The van der Waals surface area contributed by atoms with Crippen LogP contribution >= 0.6 is 0 Å². The van der Waals surface area contributed by atoms with Crippen LogP contribution in [0.5, 0.6) is 0 Å². The third-order valence-corrected chi connectivity index (χ3v) is 21.9. The molecule has 0 bridgehead atoms. The molecule has 8 rings (SSSR count). The number of rotatable bonds is 15. The molecule has 3 aliphatic heterocycles. The first-order chi connectivity index (χ1) is 38.9. The zero-order valence-electron chi connectivity index (χ0n) is 49.5. The maximum atomic E-state index is 13.9. The third kappa shape index (κ3) is 10.7. The van der Waals surface area contributed by atoms with E-state index in [4.69, 9.17) is 42.6 Å². The molecule has 0 spiro atoms. The van der Waals surface area contributed by atoms with Crippen molar-refractivity contribution in [1.29, 1.82) is 0 Å². The summed E-state index contributed by atoms with van der Waals surface area (Å²) in [5.41, 5.74) is -3.52. The van der Waals surface area contributed by atoms with E-state index >= 15 is 0 Å². The lowest BCUT2D eigenvalue weighted by Crippen LogP contribution is -2.72. The highest BCUT2D eigenvalue weighted by atomic mass is 16.8. The predicted molar refractivity (Wildman–Crippen MR) is 287 cm³/mol. The molecule has 3 heterocycles. The summed E-state index contributed by atoms with van der Waals surface area (Å²) < 4.78 is 54.4. The lowest BCUT2D eigenvalue weighted by molar-refractivity contribution is -0.392. The van der Waals surface area contributed by atoms with Crippen molar-refractivity contribution in [1.82, 2.24) is 0 Å². The van der Waals surface area contributed by atoms with Crippen molar-refractivity contribution >= 4 is 17.9 Å². The number of carbonyl (C=O) groups is 3. The van der Waals surface area contributed by atoms with Crippen molar-refractivity contribution < 1.29 is 118 Å². The van der Waals surface area contributed by atoms with Crippen molar-refractivity contribution in [2.24, 2.45) is 50.2 Å². The number of carbonyl (C=O) groups excluding carboxylic acids is 3. The molecular formula is C59H92O24. The minimum atomic E-state index is -2.10. The minimum absolute atomic E-state index is 0.0812. The Balaban J connectivity index is 1.13. The monoisotopic (exact) mass is 1180 g/mol. The molecule has 0 aromatic carbocycles. The quantitative estimate of drug-likeness (QED) is 0.0330. The van der Waals surface area contributed by atoms with Gasteiger partial charge in [-0.3, -0.25) is 0 Å². The molecule has 0 amide bonds. The van der Waals surface area contributed by atoms with Gasteiger partial charge in [-0.15, -0.1) is 0 Å². The summed E-state index contributed by atoms with van der Waals surface area (Å²) in [6.45, 7) is 16.4. The molecule has 24 heteroatoms. The van der Waals surface area contributed by atoms with Gasteiger partial charge >= 0.3 is 17.9 Å². The highest BCUT2D eigenvalue weighted by Gasteiger charge is 2.74. The van der Waals surface area contributed by atoms with Crippen LogP contribution in [0.15, 0.2) is 34.9 Å². The molecule has 0 aromatic rings. The SMILES string of the molecule is C/C=C(\C)C(=O)O[C@H]1[C@H](OC(=O)/C(C)=C/C)[C@]2(CO)[C@H](O)C[C@]3(C)C(=CC[C@@H]4[C@@]5(C)CC[C@H](O[C@@H]6O[C@H](C(=O)OC)[C@@H](O[C@@H]7O[C@H](CO)[C@@H](O)[C@H](O)[C@H]7O)[C@H](O)[C@H]6O[C@@H]6O[C@H](CO)[C@@H](O)[C@H](O)[C@H]6O)[C@](C)(CO)[C@@H]5CC[C@]43C)[C@@H]2CC1(C)C. The van der Waals surface area contributed by atoms with Gasteiger partial charge in [0, 0.05) is 22.0 Å². The Hall–Kier alpha value is -3.09. The molecule has 0 aromatic heterocycles. The van der Waals surface area contributed by atoms with Crippen LogP contribution in [-0.4, -0.2) is 229 Å². The van der Waals surface area contributed by atoms with E-state index in [9.17, 15) is 75.7 Å². The number of aliphatic hydroxyl groups excluding tert-OH is 12. The summed E-state index contributed by atoms with van der Waals surface area (Å²) in [5.74, 6) is -3.30. The highest BCUT2D eigenvalue weighted by molar-refractivity contribution is 5.89. The lowest BCUT2D eigenvalue weighted by Gasteiger charge is -2.72. The van der Waals surface area contributed by atoms with Gasteiger partial charge < -0.3 is 104 Å². The van der Waals surface area contributed by atoms with Crippen LogP contribution in [0.25, 0.3) is 0 Å². The summed E-state index contributed by atoms with van der Waals surface area (Å²) in [5, 5.41) is 134. The molecule has 0 unspecified atom stereocenters. The largest absolute Gasteiger partial charge is 0.467 e. The fourth-order valence-corrected chi connectivity index (χ4v) is 16.5. The van der Waals surface area contributed by atoms with Crippen LogP contribution < -0.4 is 0 Å². The average Bonchev–Trinajstić information content (AvgIpc) is 1.06. The van der Waals surface area contributed by atoms with Crippen molar-refractivity contribution in [2.75, 3.05) is 33.5 Å². The zero-order valence-corrected chi connectivity index (χ0v) is 49.5. The van der Waals surface area contributed by atoms with E-state index in [1.807, 2.05) is 20.8 Å². The fraction of sp³-hybridized carbons (Fsp3) is 0.847. The first-order valence-electron chi connectivity index (χ1n) is 29.2. The van der Waals surface area contributed by atoms with Crippen molar-refractivity contribution in [3.63, 3.8) is 0 Å². The summed E-state index contributed by atoms with van der Waals surface area (Å²) in [7, 11) is 1.02. The van der Waals surface area contributed by atoms with Crippen LogP contribution in [-0.2, 0) is 57.0 Å². The van der Waals surface area contributed by atoms with Gasteiger partial charge in [-0.25, -0.2) is 14.4 Å². The zero-order chi connectivity index (χ0) is 61.4. The second-order valence-electron chi connectivity index (χ2n) is 26.5. The summed E-state index contributed by atoms with van der Waals surface area (Å²) in [6, 6.07) is 0. The van der Waals surface area contributed by atoms with E-state index in [0.29, 0.717) is 43.3 Å². The van der Waals surface area contributed by atoms with Crippen molar-refractivity contribution in [3.05, 3.63) is 34.9 Å². The van der Waals surface area contributed by atoms with Gasteiger partial charge in [0.1, 0.15) is 73.2 Å². The molecule has 83 heavy (non-hydrogen) atoms. The van der Waals surface area contributed by atoms with E-state index < -0.39 is 199 Å². The number of hydrogen-bond donors (Lipinski definition) is 12. The molecule has 12 N–H and O–H groups in total. The van der Waals surface area contributed by atoms with Crippen LogP contribution in [0, 0.1) is 50.2 Å². The molecule has 3 saturated heterocycles. The molecule has 27 atom stereocenters. The number of methoxy groups -OCH3 is 1. The number of aliphatic hydroxyl groups is 12. The molecule has 7 fully saturated rings. The van der Waals surface area contributed by atoms with Crippen molar-refractivity contribution in [2.45, 2.75) is 231 Å². The van der Waals surface area contributed by atoms with Crippen molar-refractivity contribution in [3.8, 4) is 0 Å². The maximum Gasteiger partial charge on any atom is 0.337 e. The fourth-order valence-electron chi connectivity index (χ4n) is 16.5. The number of fused-ring (bicyclic) bond motifs is 7. The number of allylic oxidation sites excluding steroid dienone is 4. The minimum Gasteiger partial charge on any atom is -0.467 e. The number of esters is 3. The first-order valence-corrected chi connectivity index (χ1v) is 29.2. The normalized spacial score (nSPS) is 49.0. The van der Waals surface area contributed by atoms with Gasteiger partial charge in [0.15, 0.2) is 31.1 Å². The third-order valence-electron chi connectivity index (χ3n) is 21.9. The molecule has 24 nitrogen and oxygen atoms in total. The molecule has 472 valence electrons. The molecule has 8 aliphatic rings. The maximum absolute atomic E-state index is 13.9. The van der Waals surface area contributed by atoms with E-state index in [2.05, 4.69) is 26.8 Å². The summed E-state index contributed by atoms with van der Waals surface area (Å²) in [4.78, 5) is 41.2. The molecular weight excluding hydrogens is 1090 g/mol. The Labute approximate surface area is 484 Å². The van der Waals surface area contributed by atoms with Gasteiger partial charge in [0.2, 0.25) is 0 Å². The second-order valence-corrected chi connectivity index (χ2v) is 26.5. The Morgan fingerprint density at radius 1 is 0.627 bits per heavy atom. The molecule has 5 aliphatic carbocycles. The Bertz CT molecular complexity index is 2450. The van der Waals surface area contributed by atoms with E-state index in [1.165, 1.54) is 0 Å².